The SMILES string of the molecule is CCCc1ccc(-c2ncc(C(=O)O)c(=O)[nH]2)cc1. The van der Waals surface area contributed by atoms with Gasteiger partial charge in [0.05, 0.1) is 0 Å². The number of carboxylic acid groups (broad SMARTS) is 1. The Kier molecular flexibility index (Phi) is 3.75. The van der Waals surface area contributed by atoms with Crippen LogP contribution in [-0.2, 0) is 6.42 Å². The fourth-order valence-electron chi connectivity index (χ4n) is 1.81. The molecular formula is C14H14N2O3. The molecule has 0 amide bonds. The normalized spacial score (nSPS) is 10.4. The number of nitrogens with zero attached hydrogens (tertiary/aromatic N) is 1. The van der Waals surface area contributed by atoms with Gasteiger partial charge in [0.15, 0.2) is 0 Å². The van der Waals surface area contributed by atoms with Gasteiger partial charge >= 0.3 is 5.97 Å². The van der Waals surface area contributed by atoms with E-state index in [9.17, 15) is 9.59 Å². The van der Waals surface area contributed by atoms with Crippen LogP contribution in [0.25, 0.3) is 11.4 Å². The van der Waals surface area contributed by atoms with Crippen molar-refractivity contribution in [3.63, 3.8) is 0 Å². The molecule has 0 spiro atoms. The average molecular weight is 258 g/mol. The van der Waals surface area contributed by atoms with Gasteiger partial charge in [-0.15, -0.1) is 0 Å². The first kappa shape index (κ1) is 13.0. The van der Waals surface area contributed by atoms with Crippen molar-refractivity contribution in [1.29, 1.82) is 0 Å². The van der Waals surface area contributed by atoms with E-state index in [4.69, 9.17) is 5.11 Å². The van der Waals surface area contributed by atoms with Gasteiger partial charge in [-0.3, -0.25) is 4.79 Å². The highest BCUT2D eigenvalue weighted by atomic mass is 16.4. The second-order valence-electron chi connectivity index (χ2n) is 4.23. The van der Waals surface area contributed by atoms with Crippen LogP contribution in [0, 0.1) is 0 Å². The summed E-state index contributed by atoms with van der Waals surface area (Å²) < 4.78 is 0. The van der Waals surface area contributed by atoms with Gasteiger partial charge in [0.2, 0.25) is 0 Å². The maximum atomic E-state index is 11.5. The third kappa shape index (κ3) is 2.88. The van der Waals surface area contributed by atoms with E-state index in [-0.39, 0.29) is 5.56 Å². The Labute approximate surface area is 110 Å². The van der Waals surface area contributed by atoms with Crippen LogP contribution in [0.3, 0.4) is 0 Å². The summed E-state index contributed by atoms with van der Waals surface area (Å²) in [5, 5.41) is 8.76. The lowest BCUT2D eigenvalue weighted by atomic mass is 10.1. The molecule has 0 fully saturated rings. The molecule has 0 bridgehead atoms. The van der Waals surface area contributed by atoms with Crippen molar-refractivity contribution in [2.24, 2.45) is 0 Å². The molecule has 0 aliphatic heterocycles. The second-order valence-corrected chi connectivity index (χ2v) is 4.23. The Morgan fingerprint density at radius 2 is 2.00 bits per heavy atom. The van der Waals surface area contributed by atoms with Gasteiger partial charge in [-0.1, -0.05) is 37.6 Å². The highest BCUT2D eigenvalue weighted by Gasteiger charge is 2.10. The van der Waals surface area contributed by atoms with E-state index in [0.29, 0.717) is 5.82 Å². The van der Waals surface area contributed by atoms with Crippen LogP contribution in [0.5, 0.6) is 0 Å². The van der Waals surface area contributed by atoms with E-state index in [1.807, 2.05) is 24.3 Å². The molecule has 2 rings (SSSR count). The van der Waals surface area contributed by atoms with Crippen LogP contribution in [0.4, 0.5) is 0 Å². The Hall–Kier alpha value is -2.43. The van der Waals surface area contributed by atoms with Gasteiger partial charge in [-0.25, -0.2) is 9.78 Å². The molecular weight excluding hydrogens is 244 g/mol. The molecule has 0 saturated heterocycles. The number of hydrogen-bond donors (Lipinski definition) is 2. The zero-order chi connectivity index (χ0) is 13.8. The van der Waals surface area contributed by atoms with Gasteiger partial charge in [-0.05, 0) is 12.0 Å². The highest BCUT2D eigenvalue weighted by molar-refractivity contribution is 5.86. The molecule has 98 valence electrons. The Morgan fingerprint density at radius 1 is 1.32 bits per heavy atom. The van der Waals surface area contributed by atoms with E-state index in [0.717, 1.165) is 24.6 Å². The first-order valence-corrected chi connectivity index (χ1v) is 6.03. The van der Waals surface area contributed by atoms with E-state index in [2.05, 4.69) is 16.9 Å². The minimum Gasteiger partial charge on any atom is -0.477 e. The minimum absolute atomic E-state index is 0.355. The lowest BCUT2D eigenvalue weighted by Crippen LogP contribution is -2.18. The van der Waals surface area contributed by atoms with Gasteiger partial charge in [0, 0.05) is 11.8 Å². The molecule has 1 aromatic heterocycles. The number of benzene rings is 1. The first-order chi connectivity index (χ1) is 9.11. The Morgan fingerprint density at radius 3 is 2.53 bits per heavy atom. The number of aromatic carboxylic acids is 1. The van der Waals surface area contributed by atoms with Crippen LogP contribution in [0.1, 0.15) is 29.3 Å². The number of hydrogen-bond acceptors (Lipinski definition) is 3. The summed E-state index contributed by atoms with van der Waals surface area (Å²) in [6.45, 7) is 2.11. The summed E-state index contributed by atoms with van der Waals surface area (Å²) in [4.78, 5) is 28.7. The van der Waals surface area contributed by atoms with Crippen molar-refractivity contribution in [2.45, 2.75) is 19.8 Å². The van der Waals surface area contributed by atoms with Crippen molar-refractivity contribution < 1.29 is 9.90 Å². The second kappa shape index (κ2) is 5.48. The van der Waals surface area contributed by atoms with Crippen LogP contribution < -0.4 is 5.56 Å². The molecule has 1 aromatic carbocycles. The molecule has 5 nitrogen and oxygen atoms in total. The summed E-state index contributed by atoms with van der Waals surface area (Å²) >= 11 is 0. The molecule has 0 aliphatic rings. The quantitative estimate of drug-likeness (QED) is 0.879. The summed E-state index contributed by atoms with van der Waals surface area (Å²) in [5.74, 6) is -0.906. The van der Waals surface area contributed by atoms with Crippen LogP contribution in [0.2, 0.25) is 0 Å². The van der Waals surface area contributed by atoms with E-state index >= 15 is 0 Å². The topological polar surface area (TPSA) is 83.0 Å². The molecule has 5 heteroatoms. The maximum Gasteiger partial charge on any atom is 0.342 e. The van der Waals surface area contributed by atoms with Gasteiger partial charge < -0.3 is 10.1 Å². The van der Waals surface area contributed by atoms with Crippen molar-refractivity contribution in [2.75, 3.05) is 0 Å². The van der Waals surface area contributed by atoms with Crippen LogP contribution in [0.15, 0.2) is 35.3 Å². The van der Waals surface area contributed by atoms with E-state index in [1.54, 1.807) is 0 Å². The predicted octanol–water partition coefficient (Wildman–Crippen LogP) is 2.09. The number of H-pyrrole nitrogens is 1. The van der Waals surface area contributed by atoms with Crippen LogP contribution >= 0.6 is 0 Å². The third-order valence-corrected chi connectivity index (χ3v) is 2.80. The molecule has 0 unspecified atom stereocenters. The zero-order valence-electron chi connectivity index (χ0n) is 10.5. The summed E-state index contributed by atoms with van der Waals surface area (Å²) in [5.41, 5.74) is 0.978. The smallest absolute Gasteiger partial charge is 0.342 e. The standard InChI is InChI=1S/C14H14N2O3/c1-2-3-9-4-6-10(7-5-9)12-15-8-11(14(18)19)13(17)16-12/h4-8H,2-3H2,1H3,(H,18,19)(H,15,16,17). The molecule has 2 aromatic rings. The molecule has 0 atom stereocenters. The average Bonchev–Trinajstić information content (AvgIpc) is 2.39. The number of carbonyl (C=O) groups is 1. The maximum absolute atomic E-state index is 11.5. The molecule has 0 radical (unpaired) electrons. The molecule has 0 aliphatic carbocycles. The lowest BCUT2D eigenvalue weighted by molar-refractivity contribution is 0.0694. The molecule has 1 heterocycles. The van der Waals surface area contributed by atoms with Crippen molar-refractivity contribution in [1.82, 2.24) is 9.97 Å². The third-order valence-electron chi connectivity index (χ3n) is 2.80. The van der Waals surface area contributed by atoms with Crippen molar-refractivity contribution in [3.05, 3.63) is 51.9 Å². The fraction of sp³-hybridized carbons (Fsp3) is 0.214. The van der Waals surface area contributed by atoms with E-state index in [1.165, 1.54) is 5.56 Å². The lowest BCUT2D eigenvalue weighted by Gasteiger charge is -2.03. The fourth-order valence-corrected chi connectivity index (χ4v) is 1.81. The predicted molar refractivity (Wildman–Crippen MR) is 71.2 cm³/mol. The minimum atomic E-state index is -1.28. The number of rotatable bonds is 4. The number of aromatic amines is 1. The number of carboxylic acids is 1. The number of nitrogens with one attached hydrogen (secondary N) is 1. The zero-order valence-corrected chi connectivity index (χ0v) is 10.5. The van der Waals surface area contributed by atoms with Crippen molar-refractivity contribution >= 4 is 5.97 Å². The molecule has 19 heavy (non-hydrogen) atoms. The van der Waals surface area contributed by atoms with Gasteiger partial charge in [-0.2, -0.15) is 0 Å². The number of aromatic nitrogens is 2. The largest absolute Gasteiger partial charge is 0.477 e. The summed E-state index contributed by atoms with van der Waals surface area (Å²) in [6.07, 6.45) is 3.15. The van der Waals surface area contributed by atoms with Gasteiger partial charge in [0.25, 0.3) is 5.56 Å². The van der Waals surface area contributed by atoms with E-state index < -0.39 is 11.5 Å². The summed E-state index contributed by atoms with van der Waals surface area (Å²) in [7, 11) is 0. The highest BCUT2D eigenvalue weighted by Crippen LogP contribution is 2.15. The monoisotopic (exact) mass is 258 g/mol. The van der Waals surface area contributed by atoms with Crippen LogP contribution in [-0.4, -0.2) is 21.0 Å². The molecule has 2 N–H and O–H groups in total. The number of aryl methyl sites for hydroxylation is 1. The summed E-state index contributed by atoms with van der Waals surface area (Å²) in [6, 6.07) is 7.68. The Balaban J connectivity index is 2.34. The molecule has 0 saturated carbocycles. The Bertz CT molecular complexity index is 644. The van der Waals surface area contributed by atoms with Crippen molar-refractivity contribution in [3.8, 4) is 11.4 Å². The first-order valence-electron chi connectivity index (χ1n) is 6.03. The van der Waals surface area contributed by atoms with Gasteiger partial charge in [0.1, 0.15) is 11.4 Å².